The second-order valence-corrected chi connectivity index (χ2v) is 8.27. The highest BCUT2D eigenvalue weighted by molar-refractivity contribution is 9.13. The fourth-order valence-corrected chi connectivity index (χ4v) is 4.59. The molecule has 3 N–H and O–H groups in total. The third kappa shape index (κ3) is 3.84. The van der Waals surface area contributed by atoms with Crippen molar-refractivity contribution in [1.29, 1.82) is 0 Å². The molecule has 108 valence electrons. The predicted octanol–water partition coefficient (Wildman–Crippen LogP) is 4.79. The van der Waals surface area contributed by atoms with E-state index in [-0.39, 0.29) is 6.04 Å². The number of rotatable bonds is 5. The summed E-state index contributed by atoms with van der Waals surface area (Å²) in [5.41, 5.74) is 4.06. The Bertz CT molecular complexity index is 584. The van der Waals surface area contributed by atoms with Crippen molar-refractivity contribution < 1.29 is 4.74 Å². The quantitative estimate of drug-likeness (QED) is 0.474. The second kappa shape index (κ2) is 7.38. The van der Waals surface area contributed by atoms with Gasteiger partial charge in [0.2, 0.25) is 0 Å². The summed E-state index contributed by atoms with van der Waals surface area (Å²) in [5.74, 6) is 6.52. The van der Waals surface area contributed by atoms with Crippen molar-refractivity contribution in [2.75, 3.05) is 7.11 Å². The van der Waals surface area contributed by atoms with Crippen LogP contribution in [0.15, 0.2) is 37.0 Å². The summed E-state index contributed by atoms with van der Waals surface area (Å²) in [5, 5.41) is 0. The molecule has 1 aromatic heterocycles. The van der Waals surface area contributed by atoms with Crippen LogP contribution in [0.2, 0.25) is 0 Å². The van der Waals surface area contributed by atoms with Crippen LogP contribution in [0.1, 0.15) is 16.5 Å². The predicted molar refractivity (Wildman–Crippen MR) is 94.2 cm³/mol. The molecule has 0 spiro atoms. The molecular weight excluding hydrogens is 472 g/mol. The van der Waals surface area contributed by atoms with Crippen LogP contribution in [0.25, 0.3) is 0 Å². The number of hydrogen-bond donors (Lipinski definition) is 2. The zero-order chi connectivity index (χ0) is 14.7. The van der Waals surface area contributed by atoms with Gasteiger partial charge in [-0.25, -0.2) is 0 Å². The number of nitrogens with two attached hydrogens (primary N) is 1. The third-order valence-electron chi connectivity index (χ3n) is 2.86. The summed E-state index contributed by atoms with van der Waals surface area (Å²) in [6, 6.07) is 8.21. The first-order valence-corrected chi connectivity index (χ1v) is 8.98. The Morgan fingerprint density at radius 2 is 2.00 bits per heavy atom. The highest BCUT2D eigenvalue weighted by atomic mass is 79.9. The molecule has 0 aliphatic heterocycles. The monoisotopic (exact) mass is 482 g/mol. The van der Waals surface area contributed by atoms with Gasteiger partial charge in [0, 0.05) is 9.35 Å². The standard InChI is InChI=1S/C13H13Br3N2OS/c1-19-11-3-2-7(4-8(11)14)5-10(18-17)12-6-9(15)13(16)20-12/h2-4,6,10,18H,5,17H2,1H3. The Morgan fingerprint density at radius 3 is 2.50 bits per heavy atom. The van der Waals surface area contributed by atoms with Gasteiger partial charge in [0.05, 0.1) is 21.4 Å². The van der Waals surface area contributed by atoms with E-state index in [1.54, 1.807) is 18.4 Å². The Labute approximate surface area is 147 Å². The maximum Gasteiger partial charge on any atom is 0.133 e. The zero-order valence-corrected chi connectivity index (χ0v) is 16.2. The van der Waals surface area contributed by atoms with Crippen LogP contribution >= 0.6 is 59.1 Å². The molecule has 0 aliphatic carbocycles. The van der Waals surface area contributed by atoms with Gasteiger partial charge in [-0.15, -0.1) is 11.3 Å². The van der Waals surface area contributed by atoms with Crippen molar-refractivity contribution in [3.63, 3.8) is 0 Å². The van der Waals surface area contributed by atoms with Gasteiger partial charge in [-0.2, -0.15) is 0 Å². The van der Waals surface area contributed by atoms with E-state index in [1.165, 1.54) is 10.4 Å². The van der Waals surface area contributed by atoms with Crippen LogP contribution in [0, 0.1) is 0 Å². The van der Waals surface area contributed by atoms with Gasteiger partial charge < -0.3 is 4.74 Å². The van der Waals surface area contributed by atoms with Crippen LogP contribution in [-0.4, -0.2) is 7.11 Å². The lowest BCUT2D eigenvalue weighted by Gasteiger charge is -2.15. The van der Waals surface area contributed by atoms with E-state index in [1.807, 2.05) is 12.1 Å². The smallest absolute Gasteiger partial charge is 0.133 e. The maximum absolute atomic E-state index is 5.70. The van der Waals surface area contributed by atoms with Crippen molar-refractivity contribution in [3.05, 3.63) is 47.4 Å². The first-order chi connectivity index (χ1) is 9.55. The molecule has 2 rings (SSSR count). The summed E-state index contributed by atoms with van der Waals surface area (Å²) >= 11 is 12.2. The number of hydrogen-bond acceptors (Lipinski definition) is 4. The minimum atomic E-state index is 0.0721. The topological polar surface area (TPSA) is 47.3 Å². The van der Waals surface area contributed by atoms with Gasteiger partial charge in [0.1, 0.15) is 5.75 Å². The molecule has 20 heavy (non-hydrogen) atoms. The number of benzene rings is 1. The number of methoxy groups -OCH3 is 1. The Hall–Kier alpha value is 0.0800. The fraction of sp³-hybridized carbons (Fsp3) is 0.231. The molecule has 1 atom stereocenters. The van der Waals surface area contributed by atoms with Gasteiger partial charge in [0.15, 0.2) is 0 Å². The average molecular weight is 485 g/mol. The van der Waals surface area contributed by atoms with Crippen LogP contribution in [0.3, 0.4) is 0 Å². The number of thiophene rings is 1. The van der Waals surface area contributed by atoms with E-state index in [2.05, 4.69) is 65.3 Å². The number of ether oxygens (including phenoxy) is 1. The molecule has 1 heterocycles. The van der Waals surface area contributed by atoms with Crippen molar-refractivity contribution in [2.24, 2.45) is 5.84 Å². The molecule has 7 heteroatoms. The first-order valence-electron chi connectivity index (χ1n) is 5.78. The Morgan fingerprint density at radius 1 is 1.25 bits per heavy atom. The molecule has 0 amide bonds. The molecule has 0 aliphatic rings. The summed E-state index contributed by atoms with van der Waals surface area (Å²) in [6.45, 7) is 0. The molecule has 0 radical (unpaired) electrons. The Kier molecular flexibility index (Phi) is 6.07. The molecule has 1 unspecified atom stereocenters. The van der Waals surface area contributed by atoms with Crippen molar-refractivity contribution in [1.82, 2.24) is 5.43 Å². The summed E-state index contributed by atoms with van der Waals surface area (Å²) in [6.07, 6.45) is 0.804. The molecule has 0 bridgehead atoms. The molecule has 2 aromatic rings. The van der Waals surface area contributed by atoms with Crippen molar-refractivity contribution in [2.45, 2.75) is 12.5 Å². The minimum Gasteiger partial charge on any atom is -0.496 e. The normalized spacial score (nSPS) is 12.4. The average Bonchev–Trinajstić information content (AvgIpc) is 2.76. The molecule has 1 aromatic carbocycles. The summed E-state index contributed by atoms with van der Waals surface area (Å²) in [7, 11) is 1.66. The van der Waals surface area contributed by atoms with Crippen molar-refractivity contribution in [3.8, 4) is 5.75 Å². The van der Waals surface area contributed by atoms with E-state index in [0.29, 0.717) is 0 Å². The van der Waals surface area contributed by atoms with E-state index < -0.39 is 0 Å². The lowest BCUT2D eigenvalue weighted by Crippen LogP contribution is -2.28. The lowest BCUT2D eigenvalue weighted by atomic mass is 10.1. The van der Waals surface area contributed by atoms with Crippen LogP contribution < -0.4 is 16.0 Å². The van der Waals surface area contributed by atoms with Gasteiger partial charge in [-0.3, -0.25) is 11.3 Å². The lowest BCUT2D eigenvalue weighted by molar-refractivity contribution is 0.412. The SMILES string of the molecule is COc1ccc(CC(NN)c2cc(Br)c(Br)s2)cc1Br. The van der Waals surface area contributed by atoms with Gasteiger partial charge in [-0.05, 0) is 78.0 Å². The van der Waals surface area contributed by atoms with Crippen LogP contribution in [-0.2, 0) is 6.42 Å². The van der Waals surface area contributed by atoms with E-state index in [9.17, 15) is 0 Å². The zero-order valence-electron chi connectivity index (χ0n) is 10.6. The van der Waals surface area contributed by atoms with Gasteiger partial charge in [0.25, 0.3) is 0 Å². The summed E-state index contributed by atoms with van der Waals surface area (Å²) in [4.78, 5) is 1.18. The van der Waals surface area contributed by atoms with Crippen LogP contribution in [0.5, 0.6) is 5.75 Å². The number of halogens is 3. The molecule has 0 saturated heterocycles. The highest BCUT2D eigenvalue weighted by Gasteiger charge is 2.16. The molecule has 3 nitrogen and oxygen atoms in total. The molecular formula is C13H13Br3N2OS. The van der Waals surface area contributed by atoms with E-state index in [0.717, 1.165) is 24.9 Å². The second-order valence-electron chi connectivity index (χ2n) is 4.16. The molecule has 0 saturated carbocycles. The van der Waals surface area contributed by atoms with Crippen LogP contribution in [0.4, 0.5) is 0 Å². The maximum atomic E-state index is 5.70. The number of nitrogens with one attached hydrogen (secondary N) is 1. The summed E-state index contributed by atoms with van der Waals surface area (Å²) < 4.78 is 8.31. The minimum absolute atomic E-state index is 0.0721. The molecule has 0 fully saturated rings. The number of hydrazine groups is 1. The van der Waals surface area contributed by atoms with Gasteiger partial charge >= 0.3 is 0 Å². The van der Waals surface area contributed by atoms with Gasteiger partial charge in [-0.1, -0.05) is 6.07 Å². The first kappa shape index (κ1) is 16.5. The van der Waals surface area contributed by atoms with E-state index in [4.69, 9.17) is 10.6 Å². The van der Waals surface area contributed by atoms with Crippen molar-refractivity contribution >= 4 is 59.1 Å². The third-order valence-corrected chi connectivity index (χ3v) is 6.85. The largest absolute Gasteiger partial charge is 0.496 e. The Balaban J connectivity index is 2.20. The highest BCUT2D eigenvalue weighted by Crippen LogP contribution is 2.36. The fourth-order valence-electron chi connectivity index (χ4n) is 1.85. The van der Waals surface area contributed by atoms with E-state index >= 15 is 0 Å².